The van der Waals surface area contributed by atoms with Crippen molar-refractivity contribution in [2.24, 2.45) is 0 Å². The van der Waals surface area contributed by atoms with Crippen molar-refractivity contribution in [3.63, 3.8) is 0 Å². The van der Waals surface area contributed by atoms with Crippen molar-refractivity contribution < 1.29 is 13.2 Å². The first-order valence-electron chi connectivity index (χ1n) is 9.12. The van der Waals surface area contributed by atoms with E-state index in [2.05, 4.69) is 5.32 Å². The van der Waals surface area contributed by atoms with Gasteiger partial charge in [-0.1, -0.05) is 59.6 Å². The average molecular weight is 463 g/mol. The first kappa shape index (κ1) is 22.2. The number of carbonyl (C=O) groups excluding carboxylic acids is 1. The maximum Gasteiger partial charge on any atom is 0.264 e. The zero-order valence-electron chi connectivity index (χ0n) is 16.2. The van der Waals surface area contributed by atoms with Gasteiger partial charge in [0.05, 0.1) is 10.6 Å². The summed E-state index contributed by atoms with van der Waals surface area (Å²) in [6.45, 7) is 1.65. The predicted octanol–water partition coefficient (Wildman–Crippen LogP) is 4.81. The average Bonchev–Trinajstić information content (AvgIpc) is 2.72. The molecule has 0 fully saturated rings. The first-order valence-corrected chi connectivity index (χ1v) is 11.3. The number of nitrogens with zero attached hydrogens (tertiary/aromatic N) is 1. The van der Waals surface area contributed by atoms with Crippen LogP contribution in [0.1, 0.15) is 11.1 Å². The van der Waals surface area contributed by atoms with Gasteiger partial charge in [0.2, 0.25) is 5.91 Å². The van der Waals surface area contributed by atoms with Gasteiger partial charge < -0.3 is 5.32 Å². The molecule has 5 nitrogen and oxygen atoms in total. The summed E-state index contributed by atoms with van der Waals surface area (Å²) in [4.78, 5) is 12.8. The van der Waals surface area contributed by atoms with Crippen LogP contribution in [-0.2, 0) is 21.4 Å². The molecule has 0 unspecified atom stereocenters. The van der Waals surface area contributed by atoms with Crippen molar-refractivity contribution in [2.45, 2.75) is 18.4 Å². The number of aryl methyl sites for hydroxylation is 1. The van der Waals surface area contributed by atoms with Gasteiger partial charge in [0.15, 0.2) is 0 Å². The standard InChI is InChI=1S/C22H20Cl2N2O3S/c1-16-6-5-7-19(12-16)26(30(28,29)20-8-3-2-4-9-20)15-22(27)25-14-17-10-11-18(23)13-21(17)24/h2-13H,14-15H2,1H3,(H,25,27). The molecule has 0 heterocycles. The number of rotatable bonds is 7. The highest BCUT2D eigenvalue weighted by Gasteiger charge is 2.27. The lowest BCUT2D eigenvalue weighted by Crippen LogP contribution is -2.40. The summed E-state index contributed by atoms with van der Waals surface area (Å²) in [7, 11) is -3.93. The smallest absolute Gasteiger partial charge is 0.264 e. The van der Waals surface area contributed by atoms with Crippen LogP contribution in [0.25, 0.3) is 0 Å². The third kappa shape index (κ3) is 5.33. The largest absolute Gasteiger partial charge is 0.350 e. The lowest BCUT2D eigenvalue weighted by molar-refractivity contribution is -0.119. The van der Waals surface area contributed by atoms with E-state index in [1.54, 1.807) is 54.6 Å². The van der Waals surface area contributed by atoms with Gasteiger partial charge in [0, 0.05) is 16.6 Å². The van der Waals surface area contributed by atoms with Crippen molar-refractivity contribution in [2.75, 3.05) is 10.8 Å². The minimum Gasteiger partial charge on any atom is -0.350 e. The minimum absolute atomic E-state index is 0.111. The molecule has 0 aliphatic heterocycles. The van der Waals surface area contributed by atoms with E-state index in [4.69, 9.17) is 23.2 Å². The van der Waals surface area contributed by atoms with Crippen molar-refractivity contribution in [1.29, 1.82) is 0 Å². The van der Waals surface area contributed by atoms with E-state index in [-0.39, 0.29) is 18.0 Å². The van der Waals surface area contributed by atoms with Gasteiger partial charge in [-0.05, 0) is 54.4 Å². The second-order valence-electron chi connectivity index (χ2n) is 6.68. The van der Waals surface area contributed by atoms with Gasteiger partial charge in [-0.3, -0.25) is 9.10 Å². The summed E-state index contributed by atoms with van der Waals surface area (Å²) in [5.41, 5.74) is 1.98. The Hall–Kier alpha value is -2.54. The normalized spacial score (nSPS) is 11.2. The van der Waals surface area contributed by atoms with E-state index >= 15 is 0 Å². The van der Waals surface area contributed by atoms with E-state index in [0.717, 1.165) is 9.87 Å². The predicted molar refractivity (Wildman–Crippen MR) is 120 cm³/mol. The van der Waals surface area contributed by atoms with E-state index in [9.17, 15) is 13.2 Å². The fourth-order valence-corrected chi connectivity index (χ4v) is 4.77. The number of hydrogen-bond donors (Lipinski definition) is 1. The molecule has 3 aromatic carbocycles. The van der Waals surface area contributed by atoms with Gasteiger partial charge in [-0.25, -0.2) is 8.42 Å². The molecule has 1 amide bonds. The van der Waals surface area contributed by atoms with Crippen LogP contribution in [0.5, 0.6) is 0 Å². The molecule has 0 bridgehead atoms. The number of sulfonamides is 1. The highest BCUT2D eigenvalue weighted by Crippen LogP contribution is 2.24. The van der Waals surface area contributed by atoms with Crippen LogP contribution in [0.4, 0.5) is 5.69 Å². The minimum atomic E-state index is -3.93. The number of benzene rings is 3. The molecule has 8 heteroatoms. The van der Waals surface area contributed by atoms with Crippen molar-refractivity contribution in [3.8, 4) is 0 Å². The highest BCUT2D eigenvalue weighted by molar-refractivity contribution is 7.92. The fraction of sp³-hybridized carbons (Fsp3) is 0.136. The zero-order valence-corrected chi connectivity index (χ0v) is 18.5. The Morgan fingerprint density at radius 2 is 1.70 bits per heavy atom. The third-order valence-electron chi connectivity index (χ3n) is 4.40. The molecule has 3 aromatic rings. The summed E-state index contributed by atoms with van der Waals surface area (Å²) >= 11 is 12.0. The molecule has 0 aliphatic carbocycles. The topological polar surface area (TPSA) is 66.5 Å². The first-order chi connectivity index (χ1) is 14.3. The van der Waals surface area contributed by atoms with E-state index in [0.29, 0.717) is 21.3 Å². The zero-order chi connectivity index (χ0) is 21.7. The monoisotopic (exact) mass is 462 g/mol. The molecule has 30 heavy (non-hydrogen) atoms. The Bertz CT molecular complexity index is 1150. The van der Waals surface area contributed by atoms with Crippen LogP contribution in [-0.4, -0.2) is 20.9 Å². The summed E-state index contributed by atoms with van der Waals surface area (Å²) in [6, 6.07) is 20.0. The maximum absolute atomic E-state index is 13.3. The molecule has 0 aliphatic rings. The van der Waals surface area contributed by atoms with Gasteiger partial charge in [0.25, 0.3) is 10.0 Å². The number of nitrogens with one attached hydrogen (secondary N) is 1. The number of amides is 1. The quantitative estimate of drug-likeness (QED) is 0.547. The third-order valence-corrected chi connectivity index (χ3v) is 6.77. The van der Waals surface area contributed by atoms with Crippen LogP contribution in [0.2, 0.25) is 10.0 Å². The van der Waals surface area contributed by atoms with E-state index in [1.807, 2.05) is 13.0 Å². The van der Waals surface area contributed by atoms with Crippen LogP contribution in [0.3, 0.4) is 0 Å². The van der Waals surface area contributed by atoms with Gasteiger partial charge in [0.1, 0.15) is 6.54 Å². The van der Waals surface area contributed by atoms with Gasteiger partial charge in [-0.15, -0.1) is 0 Å². The summed E-state index contributed by atoms with van der Waals surface area (Å²) in [5, 5.41) is 3.65. The van der Waals surface area contributed by atoms with Crippen LogP contribution < -0.4 is 9.62 Å². The summed E-state index contributed by atoms with van der Waals surface area (Å²) in [6.07, 6.45) is 0. The second kappa shape index (κ2) is 9.51. The maximum atomic E-state index is 13.3. The van der Waals surface area contributed by atoms with Crippen LogP contribution in [0, 0.1) is 6.92 Å². The second-order valence-corrected chi connectivity index (χ2v) is 9.38. The molecular formula is C22H20Cl2N2O3S. The Labute approximate surface area is 186 Å². The number of hydrogen-bond acceptors (Lipinski definition) is 3. The molecular weight excluding hydrogens is 443 g/mol. The van der Waals surface area contributed by atoms with Crippen molar-refractivity contribution in [1.82, 2.24) is 5.32 Å². The summed E-state index contributed by atoms with van der Waals surface area (Å²) in [5.74, 6) is -0.456. The summed E-state index contributed by atoms with van der Waals surface area (Å²) < 4.78 is 27.6. The highest BCUT2D eigenvalue weighted by atomic mass is 35.5. The molecule has 3 rings (SSSR count). The van der Waals surface area contributed by atoms with Crippen LogP contribution in [0.15, 0.2) is 77.7 Å². The Morgan fingerprint density at radius 3 is 2.37 bits per heavy atom. The fourth-order valence-electron chi connectivity index (χ4n) is 2.86. The molecule has 0 aromatic heterocycles. The van der Waals surface area contributed by atoms with Gasteiger partial charge in [-0.2, -0.15) is 0 Å². The van der Waals surface area contributed by atoms with E-state index < -0.39 is 15.9 Å². The molecule has 0 spiro atoms. The lowest BCUT2D eigenvalue weighted by Gasteiger charge is -2.24. The number of anilines is 1. The molecule has 0 saturated carbocycles. The SMILES string of the molecule is Cc1cccc(N(CC(=O)NCc2ccc(Cl)cc2Cl)S(=O)(=O)c2ccccc2)c1. The number of halogens is 2. The van der Waals surface area contributed by atoms with Crippen molar-refractivity contribution >= 4 is 44.8 Å². The Kier molecular flexibility index (Phi) is 7.02. The Morgan fingerprint density at radius 1 is 0.967 bits per heavy atom. The van der Waals surface area contributed by atoms with Gasteiger partial charge >= 0.3 is 0 Å². The van der Waals surface area contributed by atoms with Crippen molar-refractivity contribution in [3.05, 3.63) is 94.0 Å². The molecule has 0 saturated heterocycles. The molecule has 0 radical (unpaired) electrons. The lowest BCUT2D eigenvalue weighted by atomic mass is 10.2. The number of carbonyl (C=O) groups is 1. The molecule has 0 atom stereocenters. The molecule has 156 valence electrons. The van der Waals surface area contributed by atoms with E-state index in [1.165, 1.54) is 12.1 Å². The van der Waals surface area contributed by atoms with Crippen LogP contribution >= 0.6 is 23.2 Å². The molecule has 1 N–H and O–H groups in total. The Balaban J connectivity index is 1.85.